The Kier molecular flexibility index (Phi) is 6.70. The van der Waals surface area contributed by atoms with Crippen molar-refractivity contribution in [3.05, 3.63) is 23.8 Å². The smallest absolute Gasteiger partial charge is 0.233 e. The lowest BCUT2D eigenvalue weighted by molar-refractivity contribution is -0.120. The number of hydrogen-bond donors (Lipinski definition) is 1. The van der Waals surface area contributed by atoms with E-state index < -0.39 is 0 Å². The van der Waals surface area contributed by atoms with E-state index in [4.69, 9.17) is 9.47 Å². The Labute approximate surface area is 122 Å². The van der Waals surface area contributed by atoms with E-state index in [0.29, 0.717) is 13.2 Å². The molecule has 1 aromatic rings. The van der Waals surface area contributed by atoms with Crippen LogP contribution in [0.25, 0.3) is 0 Å². The van der Waals surface area contributed by atoms with Crippen molar-refractivity contribution in [3.8, 4) is 11.5 Å². The number of carbonyl (C=O) groups is 1. The standard InChI is InChI=1S/C14H20BrNO3/c1-4-19-12-6-5-11(9-13(12)18-3)7-8-16-14(17)10(2)15/h5-6,9-10H,4,7-8H2,1-3H3,(H,16,17). The van der Waals surface area contributed by atoms with E-state index in [9.17, 15) is 4.79 Å². The average molecular weight is 330 g/mol. The van der Waals surface area contributed by atoms with Crippen LogP contribution in [-0.4, -0.2) is 31.0 Å². The maximum absolute atomic E-state index is 11.4. The Bertz CT molecular complexity index is 421. The van der Waals surface area contributed by atoms with Crippen molar-refractivity contribution in [2.45, 2.75) is 25.1 Å². The number of nitrogens with one attached hydrogen (secondary N) is 1. The molecule has 0 aromatic heterocycles. The van der Waals surface area contributed by atoms with Gasteiger partial charge in [0.1, 0.15) is 0 Å². The summed E-state index contributed by atoms with van der Waals surface area (Å²) in [6.45, 7) is 4.94. The number of rotatable bonds is 7. The normalized spacial score (nSPS) is 11.8. The molecule has 1 N–H and O–H groups in total. The molecule has 0 heterocycles. The highest BCUT2D eigenvalue weighted by molar-refractivity contribution is 9.10. The predicted octanol–water partition coefficient (Wildman–Crippen LogP) is 2.54. The summed E-state index contributed by atoms with van der Waals surface area (Å²) < 4.78 is 10.7. The molecule has 0 fully saturated rings. The van der Waals surface area contributed by atoms with Crippen molar-refractivity contribution >= 4 is 21.8 Å². The van der Waals surface area contributed by atoms with E-state index in [1.54, 1.807) is 14.0 Å². The maximum atomic E-state index is 11.4. The summed E-state index contributed by atoms with van der Waals surface area (Å²) in [5.74, 6) is 1.46. The van der Waals surface area contributed by atoms with Crippen LogP contribution in [0.4, 0.5) is 0 Å². The van der Waals surface area contributed by atoms with Gasteiger partial charge in [-0.05, 0) is 38.0 Å². The fourth-order valence-electron chi connectivity index (χ4n) is 1.61. The molecule has 5 heteroatoms. The third kappa shape index (κ3) is 5.11. The number of ether oxygens (including phenoxy) is 2. The van der Waals surface area contributed by atoms with Gasteiger partial charge in [0.2, 0.25) is 5.91 Å². The highest BCUT2D eigenvalue weighted by Gasteiger charge is 2.08. The summed E-state index contributed by atoms with van der Waals surface area (Å²) >= 11 is 3.23. The number of hydrogen-bond acceptors (Lipinski definition) is 3. The number of methoxy groups -OCH3 is 1. The van der Waals surface area contributed by atoms with Gasteiger partial charge in [0.15, 0.2) is 11.5 Å². The zero-order valence-corrected chi connectivity index (χ0v) is 13.1. The zero-order chi connectivity index (χ0) is 14.3. The van der Waals surface area contributed by atoms with Crippen LogP contribution in [0.5, 0.6) is 11.5 Å². The van der Waals surface area contributed by atoms with Gasteiger partial charge in [-0.1, -0.05) is 22.0 Å². The molecule has 4 nitrogen and oxygen atoms in total. The highest BCUT2D eigenvalue weighted by atomic mass is 79.9. The molecule has 0 spiro atoms. The largest absolute Gasteiger partial charge is 0.493 e. The Morgan fingerprint density at radius 2 is 2.16 bits per heavy atom. The molecule has 1 amide bonds. The Hall–Kier alpha value is -1.23. The van der Waals surface area contributed by atoms with E-state index in [-0.39, 0.29) is 10.7 Å². The fraction of sp³-hybridized carbons (Fsp3) is 0.500. The Balaban J connectivity index is 2.57. The lowest BCUT2D eigenvalue weighted by Gasteiger charge is -2.11. The van der Waals surface area contributed by atoms with E-state index in [1.807, 2.05) is 25.1 Å². The second kappa shape index (κ2) is 8.04. The van der Waals surface area contributed by atoms with Gasteiger partial charge < -0.3 is 14.8 Å². The minimum atomic E-state index is -0.164. The topological polar surface area (TPSA) is 47.6 Å². The van der Waals surface area contributed by atoms with Crippen LogP contribution in [0.2, 0.25) is 0 Å². The van der Waals surface area contributed by atoms with Gasteiger partial charge >= 0.3 is 0 Å². The van der Waals surface area contributed by atoms with Gasteiger partial charge in [-0.2, -0.15) is 0 Å². The number of amides is 1. The van der Waals surface area contributed by atoms with Crippen molar-refractivity contribution in [1.82, 2.24) is 5.32 Å². The number of carbonyl (C=O) groups excluding carboxylic acids is 1. The second-order valence-corrected chi connectivity index (χ2v) is 5.45. The third-order valence-corrected chi connectivity index (χ3v) is 3.02. The van der Waals surface area contributed by atoms with Crippen molar-refractivity contribution in [2.24, 2.45) is 0 Å². The maximum Gasteiger partial charge on any atom is 0.233 e. The molecule has 0 aliphatic rings. The van der Waals surface area contributed by atoms with Gasteiger partial charge in [0, 0.05) is 6.54 Å². The fourth-order valence-corrected chi connectivity index (χ4v) is 1.77. The van der Waals surface area contributed by atoms with Gasteiger partial charge in [0.05, 0.1) is 18.5 Å². The monoisotopic (exact) mass is 329 g/mol. The van der Waals surface area contributed by atoms with Crippen molar-refractivity contribution < 1.29 is 14.3 Å². The van der Waals surface area contributed by atoms with Crippen LogP contribution in [0.3, 0.4) is 0 Å². The third-order valence-electron chi connectivity index (χ3n) is 2.60. The number of alkyl halides is 1. The predicted molar refractivity (Wildman–Crippen MR) is 79.3 cm³/mol. The molecule has 0 saturated heterocycles. The Morgan fingerprint density at radius 3 is 2.74 bits per heavy atom. The van der Waals surface area contributed by atoms with E-state index >= 15 is 0 Å². The molecular weight excluding hydrogens is 310 g/mol. The van der Waals surface area contributed by atoms with Gasteiger partial charge in [-0.3, -0.25) is 4.79 Å². The second-order valence-electron chi connectivity index (χ2n) is 4.08. The van der Waals surface area contributed by atoms with Crippen molar-refractivity contribution in [3.63, 3.8) is 0 Å². The summed E-state index contributed by atoms with van der Waals surface area (Å²) in [5, 5.41) is 2.85. The quantitative estimate of drug-likeness (QED) is 0.782. The lowest BCUT2D eigenvalue weighted by Crippen LogP contribution is -2.31. The first-order valence-electron chi connectivity index (χ1n) is 6.30. The lowest BCUT2D eigenvalue weighted by atomic mass is 10.1. The van der Waals surface area contributed by atoms with E-state index in [0.717, 1.165) is 23.5 Å². The van der Waals surface area contributed by atoms with E-state index in [1.165, 1.54) is 0 Å². The molecule has 0 saturated carbocycles. The molecule has 1 atom stereocenters. The number of benzene rings is 1. The van der Waals surface area contributed by atoms with Crippen LogP contribution >= 0.6 is 15.9 Å². The summed E-state index contributed by atoms with van der Waals surface area (Å²) in [7, 11) is 1.62. The molecule has 0 aliphatic heterocycles. The first-order chi connectivity index (χ1) is 9.08. The van der Waals surface area contributed by atoms with E-state index in [2.05, 4.69) is 21.2 Å². The summed E-state index contributed by atoms with van der Waals surface area (Å²) in [6.07, 6.45) is 0.758. The Morgan fingerprint density at radius 1 is 1.42 bits per heavy atom. The molecule has 106 valence electrons. The summed E-state index contributed by atoms with van der Waals surface area (Å²) in [4.78, 5) is 11.2. The minimum absolute atomic E-state index is 0.00194. The van der Waals surface area contributed by atoms with Gasteiger partial charge in [0.25, 0.3) is 0 Å². The van der Waals surface area contributed by atoms with Crippen LogP contribution in [0, 0.1) is 0 Å². The molecular formula is C14H20BrNO3. The molecule has 0 bridgehead atoms. The molecule has 19 heavy (non-hydrogen) atoms. The van der Waals surface area contributed by atoms with Gasteiger partial charge in [-0.15, -0.1) is 0 Å². The molecule has 0 aliphatic carbocycles. The average Bonchev–Trinajstić information content (AvgIpc) is 2.40. The first-order valence-corrected chi connectivity index (χ1v) is 7.21. The van der Waals surface area contributed by atoms with Crippen LogP contribution in [-0.2, 0) is 11.2 Å². The van der Waals surface area contributed by atoms with Crippen LogP contribution in [0.1, 0.15) is 19.4 Å². The van der Waals surface area contributed by atoms with Crippen LogP contribution < -0.4 is 14.8 Å². The van der Waals surface area contributed by atoms with Crippen LogP contribution in [0.15, 0.2) is 18.2 Å². The first kappa shape index (κ1) is 15.8. The van der Waals surface area contributed by atoms with Crippen molar-refractivity contribution in [2.75, 3.05) is 20.3 Å². The SMILES string of the molecule is CCOc1ccc(CCNC(=O)C(C)Br)cc1OC. The highest BCUT2D eigenvalue weighted by Crippen LogP contribution is 2.28. The summed E-state index contributed by atoms with van der Waals surface area (Å²) in [5.41, 5.74) is 1.10. The number of halogens is 1. The van der Waals surface area contributed by atoms with Gasteiger partial charge in [-0.25, -0.2) is 0 Å². The van der Waals surface area contributed by atoms with Crippen molar-refractivity contribution in [1.29, 1.82) is 0 Å². The molecule has 1 rings (SSSR count). The molecule has 1 unspecified atom stereocenters. The summed E-state index contributed by atoms with van der Waals surface area (Å²) in [6, 6.07) is 5.82. The molecule has 1 aromatic carbocycles. The zero-order valence-electron chi connectivity index (χ0n) is 11.5. The molecule has 0 radical (unpaired) electrons. The minimum Gasteiger partial charge on any atom is -0.493 e.